The smallest absolute Gasteiger partial charge is 0.200 e. The number of methoxy groups -OCH3 is 2. The number of hydrogen-bond donors (Lipinski definition) is 2. The summed E-state index contributed by atoms with van der Waals surface area (Å²) in [7, 11) is 2.95. The summed E-state index contributed by atoms with van der Waals surface area (Å²) < 4.78 is 10.2. The lowest BCUT2D eigenvalue weighted by atomic mass is 10.0. The molecular formula is C15H14O5. The predicted octanol–water partition coefficient (Wildman–Crippen LogP) is 2.35. The van der Waals surface area contributed by atoms with Gasteiger partial charge in [0.15, 0.2) is 0 Å². The summed E-state index contributed by atoms with van der Waals surface area (Å²) in [6, 6.07) is 8.62. The van der Waals surface area contributed by atoms with Crippen LogP contribution in [0.15, 0.2) is 36.4 Å². The third-order valence-electron chi connectivity index (χ3n) is 2.88. The molecule has 0 amide bonds. The maximum atomic E-state index is 12.4. The predicted molar refractivity (Wildman–Crippen MR) is 72.8 cm³/mol. The Morgan fingerprint density at radius 2 is 1.70 bits per heavy atom. The molecule has 0 saturated carbocycles. The molecule has 0 radical (unpaired) electrons. The van der Waals surface area contributed by atoms with Crippen molar-refractivity contribution in [2.75, 3.05) is 14.2 Å². The van der Waals surface area contributed by atoms with Crippen LogP contribution in [-0.4, -0.2) is 30.2 Å². The average molecular weight is 274 g/mol. The van der Waals surface area contributed by atoms with E-state index < -0.39 is 5.78 Å². The minimum atomic E-state index is -0.418. The highest BCUT2D eigenvalue weighted by Gasteiger charge is 2.19. The molecule has 0 spiro atoms. The van der Waals surface area contributed by atoms with E-state index in [4.69, 9.17) is 9.47 Å². The SMILES string of the molecule is COc1ccc(OC)c(C(=O)c2ccc(O)cc2O)c1. The van der Waals surface area contributed by atoms with Gasteiger partial charge in [-0.3, -0.25) is 4.79 Å². The first-order valence-electron chi connectivity index (χ1n) is 5.85. The van der Waals surface area contributed by atoms with Gasteiger partial charge < -0.3 is 19.7 Å². The Morgan fingerprint density at radius 1 is 0.950 bits per heavy atom. The lowest BCUT2D eigenvalue weighted by molar-refractivity contribution is 0.103. The van der Waals surface area contributed by atoms with E-state index in [9.17, 15) is 15.0 Å². The van der Waals surface area contributed by atoms with Crippen molar-refractivity contribution in [2.24, 2.45) is 0 Å². The van der Waals surface area contributed by atoms with Gasteiger partial charge in [0.1, 0.15) is 23.0 Å². The quantitative estimate of drug-likeness (QED) is 0.837. The van der Waals surface area contributed by atoms with E-state index in [1.165, 1.54) is 32.4 Å². The van der Waals surface area contributed by atoms with Gasteiger partial charge in [0.25, 0.3) is 0 Å². The van der Waals surface area contributed by atoms with Gasteiger partial charge in [0.2, 0.25) is 5.78 Å². The van der Waals surface area contributed by atoms with Crippen LogP contribution in [0.5, 0.6) is 23.0 Å². The normalized spacial score (nSPS) is 10.1. The topological polar surface area (TPSA) is 76.0 Å². The number of carbonyl (C=O) groups is 1. The van der Waals surface area contributed by atoms with Crippen molar-refractivity contribution < 1.29 is 24.5 Å². The van der Waals surface area contributed by atoms with Crippen LogP contribution in [0, 0.1) is 0 Å². The first-order valence-corrected chi connectivity index (χ1v) is 5.85. The largest absolute Gasteiger partial charge is 0.508 e. The molecule has 5 nitrogen and oxygen atoms in total. The maximum Gasteiger partial charge on any atom is 0.200 e. The number of ether oxygens (including phenoxy) is 2. The molecule has 20 heavy (non-hydrogen) atoms. The zero-order valence-electron chi connectivity index (χ0n) is 11.1. The molecule has 104 valence electrons. The summed E-state index contributed by atoms with van der Waals surface area (Å²) in [6.07, 6.45) is 0. The van der Waals surface area contributed by atoms with E-state index in [1.54, 1.807) is 12.1 Å². The van der Waals surface area contributed by atoms with Crippen LogP contribution in [0.2, 0.25) is 0 Å². The minimum absolute atomic E-state index is 0.0781. The fourth-order valence-electron chi connectivity index (χ4n) is 1.85. The molecule has 0 aliphatic carbocycles. The van der Waals surface area contributed by atoms with Crippen LogP contribution >= 0.6 is 0 Å². The van der Waals surface area contributed by atoms with Crippen LogP contribution in [-0.2, 0) is 0 Å². The average Bonchev–Trinajstić information content (AvgIpc) is 2.46. The molecule has 2 aromatic rings. The molecule has 0 saturated heterocycles. The van der Waals surface area contributed by atoms with E-state index >= 15 is 0 Å². The molecule has 0 aromatic heterocycles. The first-order chi connectivity index (χ1) is 9.56. The molecule has 0 aliphatic rings. The summed E-state index contributed by atoms with van der Waals surface area (Å²) in [4.78, 5) is 12.4. The van der Waals surface area contributed by atoms with Gasteiger partial charge in [-0.1, -0.05) is 0 Å². The molecule has 0 atom stereocenters. The molecule has 0 unspecified atom stereocenters. The number of rotatable bonds is 4. The lowest BCUT2D eigenvalue weighted by Crippen LogP contribution is -2.04. The maximum absolute atomic E-state index is 12.4. The molecule has 0 aliphatic heterocycles. The Hall–Kier alpha value is -2.69. The third-order valence-corrected chi connectivity index (χ3v) is 2.88. The van der Waals surface area contributed by atoms with Gasteiger partial charge in [-0.2, -0.15) is 0 Å². The van der Waals surface area contributed by atoms with E-state index in [-0.39, 0.29) is 22.6 Å². The van der Waals surface area contributed by atoms with E-state index in [2.05, 4.69) is 0 Å². The first kappa shape index (κ1) is 13.7. The fourth-order valence-corrected chi connectivity index (χ4v) is 1.85. The van der Waals surface area contributed by atoms with E-state index in [0.29, 0.717) is 11.5 Å². The molecule has 2 aromatic carbocycles. The molecule has 0 heterocycles. The van der Waals surface area contributed by atoms with Gasteiger partial charge in [0.05, 0.1) is 25.3 Å². The van der Waals surface area contributed by atoms with Crippen molar-refractivity contribution in [3.05, 3.63) is 47.5 Å². The summed E-state index contributed by atoms with van der Waals surface area (Å²) in [5.41, 5.74) is 0.349. The number of ketones is 1. The number of carbonyl (C=O) groups excluding carboxylic acids is 1. The number of phenolic OH excluding ortho intramolecular Hbond substituents is 2. The van der Waals surface area contributed by atoms with Gasteiger partial charge >= 0.3 is 0 Å². The fraction of sp³-hybridized carbons (Fsp3) is 0.133. The highest BCUT2D eigenvalue weighted by Crippen LogP contribution is 2.30. The van der Waals surface area contributed by atoms with E-state index in [0.717, 1.165) is 6.07 Å². The van der Waals surface area contributed by atoms with Gasteiger partial charge in [-0.15, -0.1) is 0 Å². The van der Waals surface area contributed by atoms with E-state index in [1.807, 2.05) is 0 Å². The summed E-state index contributed by atoms with van der Waals surface area (Å²) in [5, 5.41) is 19.0. The van der Waals surface area contributed by atoms with Crippen LogP contribution in [0.1, 0.15) is 15.9 Å². The zero-order valence-corrected chi connectivity index (χ0v) is 11.1. The Kier molecular flexibility index (Phi) is 3.79. The van der Waals surface area contributed by atoms with Crippen molar-refractivity contribution in [3.63, 3.8) is 0 Å². The highest BCUT2D eigenvalue weighted by atomic mass is 16.5. The Morgan fingerprint density at radius 3 is 2.30 bits per heavy atom. The molecule has 2 rings (SSSR count). The Labute approximate surface area is 116 Å². The molecular weight excluding hydrogens is 260 g/mol. The standard InChI is InChI=1S/C15H14O5/c1-19-10-4-6-14(20-2)12(8-10)15(18)11-5-3-9(16)7-13(11)17/h3-8,16-17H,1-2H3. The number of benzene rings is 2. The molecule has 0 bridgehead atoms. The second-order valence-corrected chi connectivity index (χ2v) is 4.10. The van der Waals surface area contributed by atoms with Gasteiger partial charge in [-0.25, -0.2) is 0 Å². The summed E-state index contributed by atoms with van der Waals surface area (Å²) in [6.45, 7) is 0. The second kappa shape index (κ2) is 5.52. The van der Waals surface area contributed by atoms with Gasteiger partial charge in [0, 0.05) is 6.07 Å². The number of hydrogen-bond acceptors (Lipinski definition) is 5. The third kappa shape index (κ3) is 2.51. The van der Waals surface area contributed by atoms with Crippen molar-refractivity contribution in [2.45, 2.75) is 0 Å². The van der Waals surface area contributed by atoms with Crippen molar-refractivity contribution in [1.29, 1.82) is 0 Å². The van der Waals surface area contributed by atoms with Crippen molar-refractivity contribution >= 4 is 5.78 Å². The monoisotopic (exact) mass is 274 g/mol. The van der Waals surface area contributed by atoms with Crippen molar-refractivity contribution in [3.8, 4) is 23.0 Å². The highest BCUT2D eigenvalue weighted by molar-refractivity contribution is 6.12. The Balaban J connectivity index is 2.51. The second-order valence-electron chi connectivity index (χ2n) is 4.10. The zero-order chi connectivity index (χ0) is 14.7. The van der Waals surface area contributed by atoms with Gasteiger partial charge in [-0.05, 0) is 30.3 Å². The lowest BCUT2D eigenvalue weighted by Gasteiger charge is -2.10. The van der Waals surface area contributed by atoms with Crippen LogP contribution in [0.25, 0.3) is 0 Å². The van der Waals surface area contributed by atoms with Crippen LogP contribution < -0.4 is 9.47 Å². The van der Waals surface area contributed by atoms with Crippen molar-refractivity contribution in [1.82, 2.24) is 0 Å². The Bertz CT molecular complexity index is 649. The molecule has 5 heteroatoms. The molecule has 0 fully saturated rings. The number of phenols is 2. The van der Waals surface area contributed by atoms with Crippen LogP contribution in [0.4, 0.5) is 0 Å². The molecule has 2 N–H and O–H groups in total. The summed E-state index contributed by atoms with van der Waals surface area (Å²) in [5.74, 6) is 0.0606. The van der Waals surface area contributed by atoms with Crippen LogP contribution in [0.3, 0.4) is 0 Å². The minimum Gasteiger partial charge on any atom is -0.508 e. The summed E-state index contributed by atoms with van der Waals surface area (Å²) >= 11 is 0. The number of aromatic hydroxyl groups is 2.